The van der Waals surface area contributed by atoms with Gasteiger partial charge in [0.2, 0.25) is 0 Å². The van der Waals surface area contributed by atoms with Gasteiger partial charge in [-0.05, 0) is 79.0 Å². The zero-order chi connectivity index (χ0) is 25.9. The molecule has 0 aliphatic heterocycles. The monoisotopic (exact) mass is 486 g/mol. The Morgan fingerprint density at radius 3 is 2.05 bits per heavy atom. The van der Waals surface area contributed by atoms with E-state index in [1.165, 1.54) is 71.6 Å². The van der Waals surface area contributed by atoms with Crippen LogP contribution in [0.25, 0.3) is 56.0 Å². The lowest BCUT2D eigenvalue weighted by Gasteiger charge is -2.23. The maximum atomic E-state index is 2.46. The van der Waals surface area contributed by atoms with Crippen LogP contribution in [0.1, 0.15) is 41.7 Å². The highest BCUT2D eigenvalue weighted by atomic mass is 14.4. The zero-order valence-electron chi connectivity index (χ0n) is 22.1. The summed E-state index contributed by atoms with van der Waals surface area (Å²) in [7, 11) is 0. The Hall–Kier alpha value is -4.42. The second-order valence-corrected chi connectivity index (χ2v) is 11.1. The van der Waals surface area contributed by atoms with E-state index < -0.39 is 0 Å². The van der Waals surface area contributed by atoms with Crippen molar-refractivity contribution in [3.8, 4) is 22.3 Å². The molecule has 0 N–H and O–H groups in total. The van der Waals surface area contributed by atoms with Gasteiger partial charge in [0.1, 0.15) is 0 Å². The number of fused-ring (bicyclic) bond motifs is 5. The topological polar surface area (TPSA) is 0 Å². The van der Waals surface area contributed by atoms with Crippen LogP contribution in [0.3, 0.4) is 0 Å². The number of benzene rings is 6. The average molecular weight is 487 g/mol. The van der Waals surface area contributed by atoms with E-state index in [-0.39, 0.29) is 5.41 Å². The molecule has 0 heterocycles. The molecule has 38 heavy (non-hydrogen) atoms. The van der Waals surface area contributed by atoms with Gasteiger partial charge in [-0.3, -0.25) is 0 Å². The van der Waals surface area contributed by atoms with E-state index in [1.54, 1.807) is 0 Å². The van der Waals surface area contributed by atoms with Crippen LogP contribution in [0.2, 0.25) is 0 Å². The molecular weight excluding hydrogens is 456 g/mol. The summed E-state index contributed by atoms with van der Waals surface area (Å²) in [6, 6.07) is 42.4. The fourth-order valence-electron chi connectivity index (χ4n) is 6.42. The van der Waals surface area contributed by atoms with Gasteiger partial charge in [0, 0.05) is 5.41 Å². The number of aryl methyl sites for hydroxylation is 1. The molecule has 182 valence electrons. The molecule has 7 rings (SSSR count). The molecule has 6 aromatic rings. The third-order valence-corrected chi connectivity index (χ3v) is 8.34. The standard InChI is InChI=1S/C38H30/c1-25-17-20-30-29(21-18-26-11-5-4-6-12-26)28-13-7-8-15-33(28)37(34(30)23-25)27-19-22-32-31-14-9-10-16-35(31)38(2,3)36(32)24-27/h4-24H,1-3H3. The lowest BCUT2D eigenvalue weighted by atomic mass is 9.80. The Morgan fingerprint density at radius 1 is 0.526 bits per heavy atom. The quantitative estimate of drug-likeness (QED) is 0.172. The largest absolute Gasteiger partial charge is 0.0622 e. The fraction of sp³-hybridized carbons (Fsp3) is 0.105. The van der Waals surface area contributed by atoms with Crippen molar-refractivity contribution >= 4 is 33.7 Å². The summed E-state index contributed by atoms with van der Waals surface area (Å²) < 4.78 is 0. The minimum atomic E-state index is -0.0260. The second kappa shape index (κ2) is 8.57. The van der Waals surface area contributed by atoms with E-state index in [1.807, 2.05) is 0 Å². The van der Waals surface area contributed by atoms with Crippen molar-refractivity contribution in [2.24, 2.45) is 0 Å². The minimum Gasteiger partial charge on any atom is -0.0622 e. The van der Waals surface area contributed by atoms with Gasteiger partial charge in [0.05, 0.1) is 0 Å². The first-order valence-electron chi connectivity index (χ1n) is 13.5. The first-order valence-corrected chi connectivity index (χ1v) is 13.5. The van der Waals surface area contributed by atoms with Gasteiger partial charge in [-0.1, -0.05) is 141 Å². The molecule has 0 unspecified atom stereocenters. The van der Waals surface area contributed by atoms with Gasteiger partial charge in [-0.25, -0.2) is 0 Å². The highest BCUT2D eigenvalue weighted by Crippen LogP contribution is 2.50. The van der Waals surface area contributed by atoms with Crippen molar-refractivity contribution in [2.75, 3.05) is 0 Å². The van der Waals surface area contributed by atoms with Gasteiger partial charge in [-0.2, -0.15) is 0 Å². The molecule has 0 aromatic heterocycles. The van der Waals surface area contributed by atoms with Crippen molar-refractivity contribution in [2.45, 2.75) is 26.2 Å². The average Bonchev–Trinajstić information content (AvgIpc) is 3.18. The SMILES string of the molecule is Cc1ccc2c(C=Cc3ccccc3)c3ccccc3c(-c3ccc4c(c3)C(C)(C)c3ccccc3-4)c2c1. The Morgan fingerprint density at radius 2 is 1.21 bits per heavy atom. The highest BCUT2D eigenvalue weighted by molar-refractivity contribution is 6.18. The summed E-state index contributed by atoms with van der Waals surface area (Å²) in [5.74, 6) is 0. The van der Waals surface area contributed by atoms with Crippen LogP contribution in [0, 0.1) is 6.92 Å². The maximum absolute atomic E-state index is 2.46. The van der Waals surface area contributed by atoms with Gasteiger partial charge >= 0.3 is 0 Å². The molecule has 0 bridgehead atoms. The summed E-state index contributed by atoms with van der Waals surface area (Å²) in [6.07, 6.45) is 4.53. The highest BCUT2D eigenvalue weighted by Gasteiger charge is 2.35. The van der Waals surface area contributed by atoms with E-state index in [9.17, 15) is 0 Å². The van der Waals surface area contributed by atoms with Crippen LogP contribution >= 0.6 is 0 Å². The van der Waals surface area contributed by atoms with Crippen LogP contribution in [0.4, 0.5) is 0 Å². The third-order valence-electron chi connectivity index (χ3n) is 8.34. The molecule has 0 saturated heterocycles. The lowest BCUT2D eigenvalue weighted by molar-refractivity contribution is 0.660. The van der Waals surface area contributed by atoms with E-state index in [0.717, 1.165) is 0 Å². The van der Waals surface area contributed by atoms with Crippen molar-refractivity contribution < 1.29 is 0 Å². The predicted molar refractivity (Wildman–Crippen MR) is 165 cm³/mol. The molecule has 0 atom stereocenters. The Bertz CT molecular complexity index is 1880. The summed E-state index contributed by atoms with van der Waals surface area (Å²) in [5.41, 5.74) is 11.9. The molecule has 1 aliphatic carbocycles. The van der Waals surface area contributed by atoms with E-state index in [2.05, 4.69) is 148 Å². The minimum absolute atomic E-state index is 0.0260. The van der Waals surface area contributed by atoms with E-state index in [4.69, 9.17) is 0 Å². The summed E-state index contributed by atoms with van der Waals surface area (Å²) in [5, 5.41) is 5.19. The van der Waals surface area contributed by atoms with Crippen LogP contribution < -0.4 is 0 Å². The van der Waals surface area contributed by atoms with Crippen molar-refractivity contribution in [1.82, 2.24) is 0 Å². The van der Waals surface area contributed by atoms with Gasteiger partial charge in [0.25, 0.3) is 0 Å². The zero-order valence-corrected chi connectivity index (χ0v) is 22.1. The van der Waals surface area contributed by atoms with E-state index in [0.29, 0.717) is 0 Å². The third kappa shape index (κ3) is 3.45. The Kier molecular flexibility index (Phi) is 5.13. The molecule has 1 aliphatic rings. The molecule has 0 heteroatoms. The molecular formula is C38H30. The summed E-state index contributed by atoms with van der Waals surface area (Å²) in [6.45, 7) is 6.92. The fourth-order valence-corrected chi connectivity index (χ4v) is 6.42. The second-order valence-electron chi connectivity index (χ2n) is 11.1. The smallest absolute Gasteiger partial charge is 0.0159 e. The van der Waals surface area contributed by atoms with Crippen LogP contribution in [0.5, 0.6) is 0 Å². The van der Waals surface area contributed by atoms with Crippen molar-refractivity contribution in [1.29, 1.82) is 0 Å². The first kappa shape index (κ1) is 22.8. The van der Waals surface area contributed by atoms with Crippen molar-refractivity contribution in [3.05, 3.63) is 143 Å². The van der Waals surface area contributed by atoms with Crippen LogP contribution in [-0.2, 0) is 5.41 Å². The summed E-state index contributed by atoms with van der Waals surface area (Å²) >= 11 is 0. The van der Waals surface area contributed by atoms with Crippen molar-refractivity contribution in [3.63, 3.8) is 0 Å². The molecule has 0 fully saturated rings. The van der Waals surface area contributed by atoms with Gasteiger partial charge in [-0.15, -0.1) is 0 Å². The van der Waals surface area contributed by atoms with Gasteiger partial charge < -0.3 is 0 Å². The number of hydrogen-bond acceptors (Lipinski definition) is 0. The summed E-state index contributed by atoms with van der Waals surface area (Å²) in [4.78, 5) is 0. The first-order chi connectivity index (χ1) is 18.5. The maximum Gasteiger partial charge on any atom is 0.0159 e. The number of rotatable bonds is 3. The molecule has 0 spiro atoms. The Labute approximate surface area is 224 Å². The van der Waals surface area contributed by atoms with Crippen LogP contribution in [0.15, 0.2) is 115 Å². The van der Waals surface area contributed by atoms with Crippen LogP contribution in [-0.4, -0.2) is 0 Å². The molecule has 6 aromatic carbocycles. The number of hydrogen-bond donors (Lipinski definition) is 0. The molecule has 0 radical (unpaired) electrons. The lowest BCUT2D eigenvalue weighted by Crippen LogP contribution is -2.14. The molecule has 0 nitrogen and oxygen atoms in total. The molecule has 0 saturated carbocycles. The molecule has 0 amide bonds. The normalized spacial score (nSPS) is 13.8. The van der Waals surface area contributed by atoms with E-state index >= 15 is 0 Å². The Balaban J connectivity index is 1.52. The predicted octanol–water partition coefficient (Wildman–Crippen LogP) is 10.4. The van der Waals surface area contributed by atoms with Gasteiger partial charge in [0.15, 0.2) is 0 Å².